The van der Waals surface area contributed by atoms with Crippen molar-refractivity contribution in [3.63, 3.8) is 0 Å². The molecule has 0 aliphatic heterocycles. The van der Waals surface area contributed by atoms with Gasteiger partial charge in [-0.15, -0.1) is 0 Å². The summed E-state index contributed by atoms with van der Waals surface area (Å²) in [5.41, 5.74) is 0.417. The van der Waals surface area contributed by atoms with E-state index < -0.39 is 5.60 Å². The first-order valence-corrected chi connectivity index (χ1v) is 10.4. The molecule has 0 N–H and O–H groups in total. The SMILES string of the molecule is CN(C)CCOC(c1ccc(Cl)c(Cl)c1)(c1nccn1C)C1CCCCC1. The van der Waals surface area contributed by atoms with E-state index >= 15 is 0 Å². The molecule has 0 saturated heterocycles. The predicted molar refractivity (Wildman–Crippen MR) is 112 cm³/mol. The number of rotatable bonds is 7. The zero-order valence-electron chi connectivity index (χ0n) is 16.4. The maximum absolute atomic E-state index is 6.76. The Morgan fingerprint density at radius 1 is 1.19 bits per heavy atom. The van der Waals surface area contributed by atoms with Gasteiger partial charge >= 0.3 is 0 Å². The molecule has 2 aromatic rings. The number of aryl methyl sites for hydroxylation is 1. The monoisotopic (exact) mass is 409 g/mol. The van der Waals surface area contributed by atoms with Crippen LogP contribution in [-0.4, -0.2) is 41.7 Å². The average molecular weight is 410 g/mol. The van der Waals surface area contributed by atoms with Crippen LogP contribution in [0.2, 0.25) is 10.0 Å². The van der Waals surface area contributed by atoms with E-state index in [4.69, 9.17) is 32.9 Å². The molecule has 0 radical (unpaired) electrons. The molecular weight excluding hydrogens is 381 g/mol. The van der Waals surface area contributed by atoms with Crippen LogP contribution >= 0.6 is 23.2 Å². The molecule has 6 heteroatoms. The van der Waals surface area contributed by atoms with Gasteiger partial charge in [-0.25, -0.2) is 4.98 Å². The molecule has 1 atom stereocenters. The summed E-state index contributed by atoms with van der Waals surface area (Å²) in [4.78, 5) is 6.88. The van der Waals surface area contributed by atoms with Gasteiger partial charge in [0.25, 0.3) is 0 Å². The summed E-state index contributed by atoms with van der Waals surface area (Å²) in [6.07, 6.45) is 9.79. The van der Waals surface area contributed by atoms with Crippen molar-refractivity contribution < 1.29 is 4.74 Å². The lowest BCUT2D eigenvalue weighted by Crippen LogP contribution is -2.44. The van der Waals surface area contributed by atoms with Gasteiger partial charge in [0.05, 0.1) is 16.7 Å². The molecule has 1 saturated carbocycles. The molecule has 3 rings (SSSR count). The average Bonchev–Trinajstić information content (AvgIpc) is 3.08. The Hall–Kier alpha value is -1.07. The Kier molecular flexibility index (Phi) is 6.85. The van der Waals surface area contributed by atoms with Crippen LogP contribution in [0.4, 0.5) is 0 Å². The van der Waals surface area contributed by atoms with E-state index in [0.29, 0.717) is 22.6 Å². The fourth-order valence-electron chi connectivity index (χ4n) is 4.16. The van der Waals surface area contributed by atoms with E-state index in [-0.39, 0.29) is 0 Å². The predicted octanol–water partition coefficient (Wildman–Crippen LogP) is 5.13. The maximum Gasteiger partial charge on any atom is 0.153 e. The van der Waals surface area contributed by atoms with E-state index in [1.54, 1.807) is 0 Å². The first-order valence-electron chi connectivity index (χ1n) is 9.67. The third kappa shape index (κ3) is 4.34. The molecule has 27 heavy (non-hydrogen) atoms. The van der Waals surface area contributed by atoms with Gasteiger partial charge in [-0.2, -0.15) is 0 Å². The lowest BCUT2D eigenvalue weighted by atomic mass is 9.72. The molecule has 1 aliphatic carbocycles. The normalized spacial score (nSPS) is 18.0. The number of nitrogens with zero attached hydrogens (tertiary/aromatic N) is 3. The minimum Gasteiger partial charge on any atom is -0.361 e. The zero-order valence-corrected chi connectivity index (χ0v) is 17.9. The van der Waals surface area contributed by atoms with Crippen LogP contribution in [0.1, 0.15) is 43.5 Å². The van der Waals surface area contributed by atoms with Crippen LogP contribution in [0.3, 0.4) is 0 Å². The molecule has 1 aromatic heterocycles. The minimum atomic E-state index is -0.622. The molecular formula is C21H29Cl2N3O. The quantitative estimate of drug-likeness (QED) is 0.634. The Morgan fingerprint density at radius 3 is 2.52 bits per heavy atom. The summed E-state index contributed by atoms with van der Waals surface area (Å²) < 4.78 is 8.84. The second kappa shape index (κ2) is 8.95. The summed E-state index contributed by atoms with van der Waals surface area (Å²) in [7, 11) is 6.16. The van der Waals surface area contributed by atoms with Crippen molar-refractivity contribution >= 4 is 23.2 Å². The van der Waals surface area contributed by atoms with Crippen LogP contribution < -0.4 is 0 Å². The summed E-state index contributed by atoms with van der Waals surface area (Å²) >= 11 is 12.6. The highest BCUT2D eigenvalue weighted by Gasteiger charge is 2.46. The van der Waals surface area contributed by atoms with Crippen molar-refractivity contribution in [3.05, 3.63) is 52.0 Å². The number of ether oxygens (including phenoxy) is 1. The Bertz CT molecular complexity index is 756. The van der Waals surface area contributed by atoms with E-state index in [9.17, 15) is 0 Å². The van der Waals surface area contributed by atoms with Crippen molar-refractivity contribution in [2.45, 2.75) is 37.7 Å². The summed E-state index contributed by atoms with van der Waals surface area (Å²) in [5, 5.41) is 1.12. The Balaban J connectivity index is 2.13. The topological polar surface area (TPSA) is 30.3 Å². The standard InChI is InChI=1S/C21H29Cl2N3O/c1-25(2)13-14-27-21(16-7-5-4-6-8-16,20-24-11-12-26(20)3)17-9-10-18(22)19(23)15-17/h9-12,15-16H,4-8,13-14H2,1-3H3. The minimum absolute atomic E-state index is 0.353. The number of aromatic nitrogens is 2. The van der Waals surface area contributed by atoms with Crippen molar-refractivity contribution in [2.24, 2.45) is 13.0 Å². The van der Waals surface area contributed by atoms with Gasteiger partial charge in [0.2, 0.25) is 0 Å². The molecule has 148 valence electrons. The van der Waals surface area contributed by atoms with Crippen LogP contribution in [0, 0.1) is 5.92 Å². The molecule has 1 aliphatic rings. The van der Waals surface area contributed by atoms with Crippen LogP contribution in [0.5, 0.6) is 0 Å². The molecule has 0 spiro atoms. The lowest BCUT2D eigenvalue weighted by Gasteiger charge is -2.42. The number of halogens is 2. The van der Waals surface area contributed by atoms with E-state index in [2.05, 4.69) is 23.6 Å². The number of imidazole rings is 1. The second-order valence-corrected chi connectivity index (χ2v) is 8.53. The van der Waals surface area contributed by atoms with E-state index in [1.807, 2.05) is 37.6 Å². The molecule has 0 amide bonds. The zero-order chi connectivity index (χ0) is 19.4. The highest BCUT2D eigenvalue weighted by atomic mass is 35.5. The largest absolute Gasteiger partial charge is 0.361 e. The van der Waals surface area contributed by atoms with Crippen LogP contribution in [0.15, 0.2) is 30.6 Å². The van der Waals surface area contributed by atoms with Gasteiger partial charge in [0, 0.05) is 26.0 Å². The van der Waals surface area contributed by atoms with Gasteiger partial charge < -0.3 is 14.2 Å². The van der Waals surface area contributed by atoms with Gasteiger partial charge in [-0.05, 0) is 50.6 Å². The first-order chi connectivity index (χ1) is 12.9. The maximum atomic E-state index is 6.76. The summed E-state index contributed by atoms with van der Waals surface area (Å²) in [5.74, 6) is 1.29. The fraction of sp³-hybridized carbons (Fsp3) is 0.571. The Morgan fingerprint density at radius 2 is 1.93 bits per heavy atom. The van der Waals surface area contributed by atoms with Crippen molar-refractivity contribution in [2.75, 3.05) is 27.2 Å². The number of hydrogen-bond donors (Lipinski definition) is 0. The van der Waals surface area contributed by atoms with Crippen LogP contribution in [0.25, 0.3) is 0 Å². The molecule has 1 aromatic carbocycles. The number of hydrogen-bond acceptors (Lipinski definition) is 3. The van der Waals surface area contributed by atoms with E-state index in [1.165, 1.54) is 19.3 Å². The number of likely N-dealkylation sites (N-methyl/N-ethyl adjacent to an activating group) is 1. The third-order valence-electron chi connectivity index (χ3n) is 5.55. The first kappa shape index (κ1) is 20.7. The smallest absolute Gasteiger partial charge is 0.153 e. The Labute approximate surface area is 172 Å². The molecule has 1 fully saturated rings. The fourth-order valence-corrected chi connectivity index (χ4v) is 4.46. The van der Waals surface area contributed by atoms with Crippen molar-refractivity contribution in [1.82, 2.24) is 14.5 Å². The molecule has 1 heterocycles. The van der Waals surface area contributed by atoms with E-state index in [0.717, 1.165) is 30.8 Å². The summed E-state index contributed by atoms with van der Waals surface area (Å²) in [6, 6.07) is 5.88. The third-order valence-corrected chi connectivity index (χ3v) is 6.29. The number of benzene rings is 1. The molecule has 0 bridgehead atoms. The molecule has 1 unspecified atom stereocenters. The van der Waals surface area contributed by atoms with Gasteiger partial charge in [0.15, 0.2) is 5.60 Å². The molecule has 4 nitrogen and oxygen atoms in total. The van der Waals surface area contributed by atoms with Gasteiger partial charge in [0.1, 0.15) is 5.82 Å². The van der Waals surface area contributed by atoms with Crippen molar-refractivity contribution in [1.29, 1.82) is 0 Å². The van der Waals surface area contributed by atoms with Crippen LogP contribution in [-0.2, 0) is 17.4 Å². The van der Waals surface area contributed by atoms with Gasteiger partial charge in [-0.1, -0.05) is 48.5 Å². The second-order valence-electron chi connectivity index (χ2n) is 7.71. The highest BCUT2D eigenvalue weighted by molar-refractivity contribution is 6.42. The highest BCUT2D eigenvalue weighted by Crippen LogP contribution is 2.47. The van der Waals surface area contributed by atoms with Crippen molar-refractivity contribution in [3.8, 4) is 0 Å². The summed E-state index contributed by atoms with van der Waals surface area (Å²) in [6.45, 7) is 1.47. The lowest BCUT2D eigenvalue weighted by molar-refractivity contribution is -0.0828. The van der Waals surface area contributed by atoms with Gasteiger partial charge in [-0.3, -0.25) is 0 Å².